The highest BCUT2D eigenvalue weighted by atomic mass is 15.2. The molecule has 23 heavy (non-hydrogen) atoms. The van der Waals surface area contributed by atoms with E-state index in [1.165, 1.54) is 12.8 Å². The van der Waals surface area contributed by atoms with Gasteiger partial charge in [0.25, 0.3) is 0 Å². The molecular formula is C22H43N. The van der Waals surface area contributed by atoms with Gasteiger partial charge in [0.1, 0.15) is 0 Å². The van der Waals surface area contributed by atoms with Gasteiger partial charge in [-0.15, -0.1) is 0 Å². The summed E-state index contributed by atoms with van der Waals surface area (Å²) in [6.45, 7) is 23.1. The van der Waals surface area contributed by atoms with Crippen molar-refractivity contribution in [3.63, 3.8) is 0 Å². The van der Waals surface area contributed by atoms with Crippen LogP contribution in [0.25, 0.3) is 0 Å². The smallest absolute Gasteiger partial charge is 0.0584 e. The van der Waals surface area contributed by atoms with Crippen LogP contribution in [0.2, 0.25) is 0 Å². The molecule has 0 aromatic rings. The topological polar surface area (TPSA) is 3.24 Å². The van der Waals surface area contributed by atoms with E-state index in [4.69, 9.17) is 0 Å². The van der Waals surface area contributed by atoms with Gasteiger partial charge >= 0.3 is 0 Å². The van der Waals surface area contributed by atoms with E-state index in [-0.39, 0.29) is 5.54 Å². The van der Waals surface area contributed by atoms with Crippen molar-refractivity contribution in [3.8, 4) is 0 Å². The zero-order valence-corrected chi connectivity index (χ0v) is 17.6. The second-order valence-electron chi connectivity index (χ2n) is 8.86. The van der Waals surface area contributed by atoms with E-state index in [2.05, 4.69) is 98.4 Å². The molecule has 0 amide bonds. The van der Waals surface area contributed by atoms with E-state index in [9.17, 15) is 0 Å². The summed E-state index contributed by atoms with van der Waals surface area (Å²) in [7, 11) is 0. The number of hydrogen-bond donors (Lipinski definition) is 0. The molecule has 0 aliphatic heterocycles. The summed E-state index contributed by atoms with van der Waals surface area (Å²) < 4.78 is 0. The number of allylic oxidation sites excluding steroid dienone is 2. The summed E-state index contributed by atoms with van der Waals surface area (Å²) in [5.74, 6) is 0.776. The minimum Gasteiger partial charge on any atom is -0.286 e. The number of rotatable bonds is 10. The van der Waals surface area contributed by atoms with Crippen LogP contribution < -0.4 is 0 Å². The van der Waals surface area contributed by atoms with Crippen LogP contribution in [0.15, 0.2) is 24.3 Å². The molecule has 0 radical (unpaired) electrons. The Bertz CT molecular complexity index is 351. The quantitative estimate of drug-likeness (QED) is 0.398. The van der Waals surface area contributed by atoms with E-state index in [0.29, 0.717) is 17.5 Å². The van der Waals surface area contributed by atoms with Crippen molar-refractivity contribution >= 4 is 0 Å². The molecule has 1 heteroatoms. The van der Waals surface area contributed by atoms with Crippen LogP contribution in [0.1, 0.15) is 88.5 Å². The maximum absolute atomic E-state index is 2.67. The summed E-state index contributed by atoms with van der Waals surface area (Å²) in [6.07, 6.45) is 13.1. The van der Waals surface area contributed by atoms with E-state index in [1.807, 2.05) is 0 Å². The Morgan fingerprint density at radius 3 is 1.57 bits per heavy atom. The first-order chi connectivity index (χ1) is 10.5. The van der Waals surface area contributed by atoms with Gasteiger partial charge in [-0.05, 0) is 65.7 Å². The third-order valence-corrected chi connectivity index (χ3v) is 4.66. The van der Waals surface area contributed by atoms with Gasteiger partial charge in [-0.3, -0.25) is 4.90 Å². The Morgan fingerprint density at radius 1 is 0.826 bits per heavy atom. The lowest BCUT2D eigenvalue weighted by Gasteiger charge is -2.49. The SMILES string of the molecule is CC=CC(C=CC)(CC(C)(C)CCC(C)C)N(C(C)C)C(C)C. The third kappa shape index (κ3) is 7.25. The molecule has 0 aliphatic rings. The summed E-state index contributed by atoms with van der Waals surface area (Å²) >= 11 is 0. The lowest BCUT2D eigenvalue weighted by Crippen LogP contribution is -2.54. The Balaban J connectivity index is 5.75. The van der Waals surface area contributed by atoms with Gasteiger partial charge in [0.15, 0.2) is 0 Å². The van der Waals surface area contributed by atoms with Crippen LogP contribution in [-0.2, 0) is 0 Å². The molecule has 0 fully saturated rings. The first-order valence-corrected chi connectivity index (χ1v) is 9.57. The van der Waals surface area contributed by atoms with Gasteiger partial charge in [0, 0.05) is 12.1 Å². The molecule has 0 heterocycles. The van der Waals surface area contributed by atoms with E-state index < -0.39 is 0 Å². The maximum Gasteiger partial charge on any atom is 0.0584 e. The average Bonchev–Trinajstić information content (AvgIpc) is 2.35. The molecule has 136 valence electrons. The molecule has 0 saturated carbocycles. The summed E-state index contributed by atoms with van der Waals surface area (Å²) in [6, 6.07) is 1.03. The molecule has 0 unspecified atom stereocenters. The van der Waals surface area contributed by atoms with Gasteiger partial charge in [-0.2, -0.15) is 0 Å². The first-order valence-electron chi connectivity index (χ1n) is 9.57. The zero-order chi connectivity index (χ0) is 18.3. The van der Waals surface area contributed by atoms with Gasteiger partial charge < -0.3 is 0 Å². The van der Waals surface area contributed by atoms with Gasteiger partial charge in [-0.25, -0.2) is 0 Å². The molecule has 0 bridgehead atoms. The van der Waals surface area contributed by atoms with Crippen LogP contribution in [0.3, 0.4) is 0 Å². The second kappa shape index (κ2) is 9.67. The summed E-state index contributed by atoms with van der Waals surface area (Å²) in [4.78, 5) is 2.67. The van der Waals surface area contributed by atoms with Crippen molar-refractivity contribution in [2.24, 2.45) is 11.3 Å². The number of hydrogen-bond acceptors (Lipinski definition) is 1. The minimum absolute atomic E-state index is 0.00626. The fraction of sp³-hybridized carbons (Fsp3) is 0.818. The maximum atomic E-state index is 2.67. The monoisotopic (exact) mass is 321 g/mol. The predicted octanol–water partition coefficient (Wildman–Crippen LogP) is 6.85. The molecule has 0 rings (SSSR count). The van der Waals surface area contributed by atoms with Crippen LogP contribution >= 0.6 is 0 Å². The van der Waals surface area contributed by atoms with Gasteiger partial charge in [0.2, 0.25) is 0 Å². The van der Waals surface area contributed by atoms with Crippen molar-refractivity contribution in [2.75, 3.05) is 0 Å². The van der Waals surface area contributed by atoms with Gasteiger partial charge in [-0.1, -0.05) is 58.4 Å². The largest absolute Gasteiger partial charge is 0.286 e. The minimum atomic E-state index is 0.00626. The Labute approximate surface area is 147 Å². The van der Waals surface area contributed by atoms with E-state index in [0.717, 1.165) is 12.3 Å². The Hall–Kier alpha value is -0.560. The van der Waals surface area contributed by atoms with Crippen LogP contribution in [0.5, 0.6) is 0 Å². The van der Waals surface area contributed by atoms with E-state index >= 15 is 0 Å². The summed E-state index contributed by atoms with van der Waals surface area (Å²) in [5, 5.41) is 0. The third-order valence-electron chi connectivity index (χ3n) is 4.66. The highest BCUT2D eigenvalue weighted by Gasteiger charge is 2.39. The molecule has 0 saturated heterocycles. The van der Waals surface area contributed by atoms with E-state index in [1.54, 1.807) is 0 Å². The molecule has 0 N–H and O–H groups in total. The van der Waals surface area contributed by atoms with Gasteiger partial charge in [0.05, 0.1) is 5.54 Å². The molecule has 0 atom stereocenters. The van der Waals surface area contributed by atoms with Crippen molar-refractivity contribution in [3.05, 3.63) is 24.3 Å². The molecule has 0 aliphatic carbocycles. The lowest BCUT2D eigenvalue weighted by molar-refractivity contribution is 0.0535. The standard InChI is InChI=1S/C22H43N/c1-11-14-22(15-12-2,23(19(5)6)20(7)8)17-21(9,10)16-13-18(3)4/h11-12,14-15,18-20H,13,16-17H2,1-10H3. The number of nitrogens with zero attached hydrogens (tertiary/aromatic N) is 1. The highest BCUT2D eigenvalue weighted by molar-refractivity contribution is 5.21. The van der Waals surface area contributed by atoms with Crippen molar-refractivity contribution in [1.82, 2.24) is 4.90 Å². The van der Waals surface area contributed by atoms with Crippen molar-refractivity contribution in [2.45, 2.75) is 106 Å². The fourth-order valence-electron chi connectivity index (χ4n) is 4.11. The molecule has 0 spiro atoms. The lowest BCUT2D eigenvalue weighted by atomic mass is 9.72. The van der Waals surface area contributed by atoms with Crippen LogP contribution in [0.4, 0.5) is 0 Å². The molecule has 0 aromatic carbocycles. The van der Waals surface area contributed by atoms with Crippen molar-refractivity contribution < 1.29 is 0 Å². The normalized spacial score (nSPS) is 16.6. The predicted molar refractivity (Wildman–Crippen MR) is 107 cm³/mol. The molecule has 1 nitrogen and oxygen atoms in total. The molecule has 0 aromatic heterocycles. The second-order valence-corrected chi connectivity index (χ2v) is 8.86. The van der Waals surface area contributed by atoms with Crippen LogP contribution in [0, 0.1) is 11.3 Å². The average molecular weight is 322 g/mol. The Kier molecular flexibility index (Phi) is 9.43. The summed E-state index contributed by atoms with van der Waals surface area (Å²) in [5.41, 5.74) is 0.331. The Morgan fingerprint density at radius 2 is 1.26 bits per heavy atom. The highest BCUT2D eigenvalue weighted by Crippen LogP contribution is 2.40. The van der Waals surface area contributed by atoms with Crippen molar-refractivity contribution in [1.29, 1.82) is 0 Å². The fourth-order valence-corrected chi connectivity index (χ4v) is 4.11. The zero-order valence-electron chi connectivity index (χ0n) is 17.6. The first kappa shape index (κ1) is 22.4. The van der Waals surface area contributed by atoms with Crippen LogP contribution in [-0.4, -0.2) is 22.5 Å². The molecular weight excluding hydrogens is 278 g/mol.